The van der Waals surface area contributed by atoms with Crippen LogP contribution < -0.4 is 0 Å². The molecule has 0 aromatic carbocycles. The largest absolute Gasteiger partial charge is 0.469 e. The molecule has 1 aliphatic carbocycles. The number of esters is 1. The summed E-state index contributed by atoms with van der Waals surface area (Å²) in [6.45, 7) is 0. The Morgan fingerprint density at radius 1 is 1.32 bits per heavy atom. The van der Waals surface area contributed by atoms with Crippen LogP contribution in [0, 0.1) is 11.8 Å². The van der Waals surface area contributed by atoms with Gasteiger partial charge in [0.2, 0.25) is 0 Å². The molecule has 1 heterocycles. The first-order valence-electron chi connectivity index (χ1n) is 10.1. The van der Waals surface area contributed by atoms with Crippen LogP contribution in [0.4, 0.5) is 0 Å². The van der Waals surface area contributed by atoms with Crippen LogP contribution in [0.5, 0.6) is 0 Å². The van der Waals surface area contributed by atoms with Crippen molar-refractivity contribution in [3.63, 3.8) is 0 Å². The molecule has 1 aromatic rings. The molecule has 0 spiro atoms. The molecule has 0 radical (unpaired) electrons. The number of aliphatic hydroxyl groups is 2. The number of aliphatic hydroxyl groups excluding tert-OH is 2. The molecule has 2 N–H and O–H groups in total. The molecule has 0 amide bonds. The number of Topliss-reactive ketones (excluding diaryl/α,β-unsaturated/α-hetero) is 1. The first-order chi connectivity index (χ1) is 13.5. The van der Waals surface area contributed by atoms with Crippen LogP contribution >= 0.6 is 23.1 Å². The number of thioether (sulfide) groups is 1. The highest BCUT2D eigenvalue weighted by atomic mass is 32.2. The molecule has 5 nitrogen and oxygen atoms in total. The summed E-state index contributed by atoms with van der Waals surface area (Å²) in [4.78, 5) is 23.4. The molecule has 4 atom stereocenters. The molecule has 0 aliphatic heterocycles. The lowest BCUT2D eigenvalue weighted by molar-refractivity contribution is -0.140. The van der Waals surface area contributed by atoms with Crippen LogP contribution in [0.1, 0.15) is 57.8 Å². The summed E-state index contributed by atoms with van der Waals surface area (Å²) in [5.74, 6) is 0.499. The van der Waals surface area contributed by atoms with Gasteiger partial charge in [-0.15, -0.1) is 23.1 Å². The van der Waals surface area contributed by atoms with E-state index in [9.17, 15) is 19.8 Å². The Morgan fingerprint density at radius 3 is 2.82 bits per heavy atom. The first-order valence-corrected chi connectivity index (χ1v) is 12.0. The second-order valence-corrected chi connectivity index (χ2v) is 9.78. The molecule has 0 bridgehead atoms. The van der Waals surface area contributed by atoms with Gasteiger partial charge in [-0.1, -0.05) is 25.3 Å². The van der Waals surface area contributed by atoms with Gasteiger partial charge in [-0.05, 0) is 43.0 Å². The topological polar surface area (TPSA) is 83.8 Å². The van der Waals surface area contributed by atoms with E-state index < -0.39 is 12.2 Å². The molecule has 1 aromatic heterocycles. The average molecular weight is 429 g/mol. The van der Waals surface area contributed by atoms with Crippen molar-refractivity contribution >= 4 is 34.9 Å². The highest BCUT2D eigenvalue weighted by Crippen LogP contribution is 2.37. The molecule has 2 unspecified atom stereocenters. The van der Waals surface area contributed by atoms with Gasteiger partial charge >= 0.3 is 5.97 Å². The van der Waals surface area contributed by atoms with Gasteiger partial charge in [0, 0.05) is 24.5 Å². The molecule has 7 heteroatoms. The zero-order valence-electron chi connectivity index (χ0n) is 16.5. The number of methoxy groups -OCH3 is 1. The fourth-order valence-corrected chi connectivity index (χ4v) is 5.66. The molecule has 0 saturated heterocycles. The fraction of sp³-hybridized carbons (Fsp3) is 0.714. The van der Waals surface area contributed by atoms with Crippen LogP contribution in [0.15, 0.2) is 21.7 Å². The number of hydrogen-bond acceptors (Lipinski definition) is 7. The second kappa shape index (κ2) is 12.6. The number of unbranched alkanes of at least 4 members (excludes halogenated alkanes) is 3. The maximum Gasteiger partial charge on any atom is 0.305 e. The zero-order valence-corrected chi connectivity index (χ0v) is 18.2. The monoisotopic (exact) mass is 428 g/mol. The maximum atomic E-state index is 12.3. The lowest BCUT2D eigenvalue weighted by atomic mass is 9.85. The van der Waals surface area contributed by atoms with Gasteiger partial charge in [-0.3, -0.25) is 9.59 Å². The average Bonchev–Trinajstić information content (AvgIpc) is 3.29. The van der Waals surface area contributed by atoms with Gasteiger partial charge in [-0.2, -0.15) is 0 Å². The Kier molecular flexibility index (Phi) is 10.5. The summed E-state index contributed by atoms with van der Waals surface area (Å²) in [6.07, 6.45) is 5.45. The second-order valence-electron chi connectivity index (χ2n) is 7.51. The van der Waals surface area contributed by atoms with E-state index in [0.29, 0.717) is 25.0 Å². The highest BCUT2D eigenvalue weighted by molar-refractivity contribution is 8.01. The summed E-state index contributed by atoms with van der Waals surface area (Å²) in [5, 5.41) is 22.6. The molecular formula is C21H32O5S2. The summed E-state index contributed by atoms with van der Waals surface area (Å²) < 4.78 is 5.82. The maximum absolute atomic E-state index is 12.3. The van der Waals surface area contributed by atoms with Gasteiger partial charge in [0.15, 0.2) is 0 Å². The Hall–Kier alpha value is -0.890. The number of thiophene rings is 1. The van der Waals surface area contributed by atoms with Crippen molar-refractivity contribution < 1.29 is 24.5 Å². The standard InChI is InChI=1S/C21H32O5S2/c1-26-20(25)8-5-3-2-4-7-16-17(19(24)13-18(16)23)11-10-15(22)14-28-21-9-6-12-27-21/h6,9,12,15-17,19,22,24H,2-5,7-8,10-11,13-14H2,1H3/t15?,16?,17-,19-/m1/s1. The van der Waals surface area contributed by atoms with Gasteiger partial charge in [0.1, 0.15) is 5.78 Å². The molecular weight excluding hydrogens is 396 g/mol. The number of carbonyl (C=O) groups is 2. The molecule has 1 fully saturated rings. The fourth-order valence-electron chi connectivity index (χ4n) is 3.87. The minimum absolute atomic E-state index is 0.0380. The minimum atomic E-state index is -0.575. The van der Waals surface area contributed by atoms with E-state index in [1.165, 1.54) is 11.3 Å². The van der Waals surface area contributed by atoms with Crippen LogP contribution in [-0.4, -0.2) is 47.0 Å². The lowest BCUT2D eigenvalue weighted by Crippen LogP contribution is -2.23. The van der Waals surface area contributed by atoms with Gasteiger partial charge in [-0.25, -0.2) is 0 Å². The Labute approximate surface area is 175 Å². The van der Waals surface area contributed by atoms with Crippen molar-refractivity contribution in [2.45, 2.75) is 74.2 Å². The number of ketones is 1. The van der Waals surface area contributed by atoms with Crippen molar-refractivity contribution in [2.24, 2.45) is 11.8 Å². The summed E-state index contributed by atoms with van der Waals surface area (Å²) in [7, 11) is 1.40. The smallest absolute Gasteiger partial charge is 0.305 e. The van der Waals surface area contributed by atoms with Crippen LogP contribution in [-0.2, 0) is 14.3 Å². The van der Waals surface area contributed by atoms with Crippen LogP contribution in [0.25, 0.3) is 0 Å². The van der Waals surface area contributed by atoms with Crippen LogP contribution in [0.2, 0.25) is 0 Å². The van der Waals surface area contributed by atoms with Crippen molar-refractivity contribution in [1.82, 2.24) is 0 Å². The van der Waals surface area contributed by atoms with Crippen molar-refractivity contribution in [3.05, 3.63) is 17.5 Å². The van der Waals surface area contributed by atoms with E-state index in [0.717, 1.165) is 32.1 Å². The number of ether oxygens (including phenoxy) is 1. The third-order valence-corrected chi connectivity index (χ3v) is 7.73. The summed E-state index contributed by atoms with van der Waals surface area (Å²) in [5.41, 5.74) is 0. The normalized spacial score (nSPS) is 23.1. The van der Waals surface area contributed by atoms with E-state index in [1.807, 2.05) is 17.5 Å². The molecule has 1 aliphatic rings. The predicted molar refractivity (Wildman–Crippen MR) is 113 cm³/mol. The van der Waals surface area contributed by atoms with Gasteiger partial charge in [0.05, 0.1) is 23.5 Å². The number of carbonyl (C=O) groups excluding carboxylic acids is 2. The molecule has 2 rings (SSSR count). The van der Waals surface area contributed by atoms with E-state index in [2.05, 4.69) is 4.74 Å². The van der Waals surface area contributed by atoms with Crippen LogP contribution in [0.3, 0.4) is 0 Å². The van der Waals surface area contributed by atoms with Crippen molar-refractivity contribution in [2.75, 3.05) is 12.9 Å². The quantitative estimate of drug-likeness (QED) is 0.280. The van der Waals surface area contributed by atoms with E-state index >= 15 is 0 Å². The third kappa shape index (κ3) is 7.85. The van der Waals surface area contributed by atoms with E-state index in [4.69, 9.17) is 0 Å². The Bertz CT molecular complexity index is 590. The lowest BCUT2D eigenvalue weighted by Gasteiger charge is -2.22. The summed E-state index contributed by atoms with van der Waals surface area (Å²) >= 11 is 3.32. The van der Waals surface area contributed by atoms with E-state index in [-0.39, 0.29) is 30.0 Å². The summed E-state index contributed by atoms with van der Waals surface area (Å²) in [6, 6.07) is 4.04. The van der Waals surface area contributed by atoms with Gasteiger partial charge < -0.3 is 14.9 Å². The minimum Gasteiger partial charge on any atom is -0.469 e. The van der Waals surface area contributed by atoms with Crippen molar-refractivity contribution in [1.29, 1.82) is 0 Å². The van der Waals surface area contributed by atoms with E-state index in [1.54, 1.807) is 23.1 Å². The zero-order chi connectivity index (χ0) is 20.4. The van der Waals surface area contributed by atoms with Crippen molar-refractivity contribution in [3.8, 4) is 0 Å². The first kappa shape index (κ1) is 23.4. The predicted octanol–water partition coefficient (Wildman–Crippen LogP) is 4.06. The molecule has 158 valence electrons. The third-order valence-electron chi connectivity index (χ3n) is 5.45. The molecule has 1 saturated carbocycles. The number of hydrogen-bond donors (Lipinski definition) is 2. The molecule has 28 heavy (non-hydrogen) atoms. The Balaban J connectivity index is 1.67. The Morgan fingerprint density at radius 2 is 2.11 bits per heavy atom. The number of rotatable bonds is 13. The SMILES string of the molecule is COC(=O)CCCCCCC1C(=O)C[C@@H](O)[C@@H]1CCC(O)CSc1cccs1. The van der Waals surface area contributed by atoms with Gasteiger partial charge in [0.25, 0.3) is 0 Å². The highest BCUT2D eigenvalue weighted by Gasteiger charge is 2.40.